The molecule has 24 heavy (non-hydrogen) atoms. The molecular weight excluding hydrogens is 356 g/mol. The first kappa shape index (κ1) is 17.6. The predicted molar refractivity (Wildman–Crippen MR) is 105 cm³/mol. The zero-order valence-corrected chi connectivity index (χ0v) is 16.3. The maximum atomic E-state index is 6.06. The third-order valence-corrected chi connectivity index (χ3v) is 6.66. The van der Waals surface area contributed by atoms with Crippen LogP contribution in [-0.4, -0.2) is 14.8 Å². The van der Waals surface area contributed by atoms with Crippen molar-refractivity contribution in [3.8, 4) is 0 Å². The van der Waals surface area contributed by atoms with Crippen LogP contribution < -0.4 is 0 Å². The summed E-state index contributed by atoms with van der Waals surface area (Å²) in [5.74, 6) is 0. The van der Waals surface area contributed by atoms with Gasteiger partial charge in [0.2, 0.25) is 0 Å². The molecule has 0 fully saturated rings. The van der Waals surface area contributed by atoms with Gasteiger partial charge in [0, 0.05) is 34.0 Å². The highest BCUT2D eigenvalue weighted by Gasteiger charge is 2.14. The summed E-state index contributed by atoms with van der Waals surface area (Å²) >= 11 is 9.72. The average Bonchev–Trinajstić information content (AvgIpc) is 3.20. The van der Waals surface area contributed by atoms with Crippen LogP contribution >= 0.6 is 34.7 Å². The van der Waals surface area contributed by atoms with E-state index in [0.29, 0.717) is 5.25 Å². The number of thioether (sulfide) groups is 1. The van der Waals surface area contributed by atoms with Gasteiger partial charge in [0.05, 0.1) is 10.7 Å². The van der Waals surface area contributed by atoms with Crippen LogP contribution in [0.3, 0.4) is 0 Å². The van der Waals surface area contributed by atoms with Crippen molar-refractivity contribution >= 4 is 34.7 Å². The molecule has 3 aromatic rings. The smallest absolute Gasteiger partial charge is 0.0946 e. The van der Waals surface area contributed by atoms with Crippen molar-refractivity contribution in [2.24, 2.45) is 0 Å². The largest absolute Gasteiger partial charge is 0.336 e. The molecular formula is C19H21ClN2S2. The monoisotopic (exact) mass is 376 g/mol. The third-order valence-electron chi connectivity index (χ3n) is 3.95. The summed E-state index contributed by atoms with van der Waals surface area (Å²) in [6.45, 7) is 5.31. The van der Waals surface area contributed by atoms with Gasteiger partial charge in [-0.25, -0.2) is 4.98 Å². The topological polar surface area (TPSA) is 17.8 Å². The molecule has 0 saturated carbocycles. The number of aryl methyl sites for hydroxylation is 3. The van der Waals surface area contributed by atoms with Crippen molar-refractivity contribution in [1.82, 2.24) is 9.55 Å². The molecule has 1 atom stereocenters. The van der Waals surface area contributed by atoms with E-state index in [1.807, 2.05) is 36.5 Å². The van der Waals surface area contributed by atoms with E-state index in [4.69, 9.17) is 11.6 Å². The molecule has 0 N–H and O–H groups in total. The van der Waals surface area contributed by atoms with Gasteiger partial charge in [-0.1, -0.05) is 29.3 Å². The Morgan fingerprint density at radius 1 is 1.25 bits per heavy atom. The Hall–Kier alpha value is -1.23. The van der Waals surface area contributed by atoms with Gasteiger partial charge in [0.25, 0.3) is 0 Å². The summed E-state index contributed by atoms with van der Waals surface area (Å²) in [6, 6.07) is 10.8. The van der Waals surface area contributed by atoms with Crippen molar-refractivity contribution < 1.29 is 0 Å². The molecule has 0 amide bonds. The van der Waals surface area contributed by atoms with Crippen LogP contribution in [0, 0.1) is 13.8 Å². The summed E-state index contributed by atoms with van der Waals surface area (Å²) in [4.78, 5) is 6.91. The second-order valence-electron chi connectivity index (χ2n) is 6.01. The van der Waals surface area contributed by atoms with Crippen LogP contribution in [0.25, 0.3) is 0 Å². The zero-order chi connectivity index (χ0) is 16.9. The second-order valence-corrected chi connectivity index (χ2v) is 9.15. The molecule has 2 nitrogen and oxygen atoms in total. The lowest BCUT2D eigenvalue weighted by atomic mass is 10.2. The normalized spacial score (nSPS) is 12.5. The molecule has 0 radical (unpaired) electrons. The Morgan fingerprint density at radius 3 is 2.83 bits per heavy atom. The lowest BCUT2D eigenvalue weighted by molar-refractivity contribution is 0.626. The number of benzene rings is 1. The molecule has 0 spiro atoms. The van der Waals surface area contributed by atoms with Crippen LogP contribution in [0.1, 0.15) is 22.4 Å². The molecule has 5 heteroatoms. The highest BCUT2D eigenvalue weighted by molar-refractivity contribution is 8.00. The molecule has 0 bridgehead atoms. The number of imidazole rings is 1. The number of aromatic nitrogens is 2. The molecule has 0 aliphatic heterocycles. The molecule has 0 aliphatic rings. The quantitative estimate of drug-likeness (QED) is 0.470. The van der Waals surface area contributed by atoms with Gasteiger partial charge in [0.15, 0.2) is 0 Å². The number of thiophene rings is 1. The van der Waals surface area contributed by atoms with E-state index in [1.54, 1.807) is 11.3 Å². The number of rotatable bonds is 7. The zero-order valence-electron chi connectivity index (χ0n) is 13.9. The van der Waals surface area contributed by atoms with Crippen LogP contribution in [-0.2, 0) is 13.0 Å². The van der Waals surface area contributed by atoms with Gasteiger partial charge in [-0.2, -0.15) is 0 Å². The Bertz CT molecular complexity index is 781. The summed E-state index contributed by atoms with van der Waals surface area (Å²) in [5.41, 5.74) is 2.66. The SMILES string of the molecule is Cc1ccc(C)c(SC(CCc2ccc(Cl)s2)Cn2ccnc2)c1. The maximum absolute atomic E-state index is 6.06. The van der Waals surface area contributed by atoms with Gasteiger partial charge in [-0.05, 0) is 50.5 Å². The van der Waals surface area contributed by atoms with Crippen molar-refractivity contribution in [2.45, 2.75) is 43.4 Å². The van der Waals surface area contributed by atoms with Gasteiger partial charge >= 0.3 is 0 Å². The first-order valence-electron chi connectivity index (χ1n) is 8.04. The fourth-order valence-electron chi connectivity index (χ4n) is 2.62. The van der Waals surface area contributed by atoms with E-state index in [-0.39, 0.29) is 0 Å². The van der Waals surface area contributed by atoms with Gasteiger partial charge < -0.3 is 4.57 Å². The first-order chi connectivity index (χ1) is 11.6. The fraction of sp³-hybridized carbons (Fsp3) is 0.316. The van der Waals surface area contributed by atoms with E-state index in [1.165, 1.54) is 20.9 Å². The maximum Gasteiger partial charge on any atom is 0.0946 e. The van der Waals surface area contributed by atoms with E-state index in [9.17, 15) is 0 Å². The minimum Gasteiger partial charge on any atom is -0.336 e. The standard InChI is InChI=1S/C19H21ClN2S2/c1-14-3-4-15(2)18(11-14)23-17(12-22-10-9-21-13-22)6-5-16-7-8-19(20)24-16/h3-4,7-11,13,17H,5-6,12H2,1-2H3. The van der Waals surface area contributed by atoms with Crippen molar-refractivity contribution in [2.75, 3.05) is 0 Å². The van der Waals surface area contributed by atoms with E-state index in [0.717, 1.165) is 23.7 Å². The number of hydrogen-bond acceptors (Lipinski definition) is 3. The summed E-state index contributed by atoms with van der Waals surface area (Å²) in [5, 5.41) is 0.501. The number of halogens is 1. The molecule has 3 rings (SSSR count). The molecule has 126 valence electrons. The summed E-state index contributed by atoms with van der Waals surface area (Å²) in [7, 11) is 0. The first-order valence-corrected chi connectivity index (χ1v) is 10.1. The molecule has 0 aliphatic carbocycles. The second kappa shape index (κ2) is 8.24. The third kappa shape index (κ3) is 4.88. The Balaban J connectivity index is 1.72. The van der Waals surface area contributed by atoms with Gasteiger partial charge in [0.1, 0.15) is 0 Å². The molecule has 1 unspecified atom stereocenters. The summed E-state index contributed by atoms with van der Waals surface area (Å²) in [6.07, 6.45) is 7.97. The van der Waals surface area contributed by atoms with E-state index in [2.05, 4.69) is 47.7 Å². The number of hydrogen-bond donors (Lipinski definition) is 0. The van der Waals surface area contributed by atoms with Crippen molar-refractivity contribution in [3.63, 3.8) is 0 Å². The van der Waals surface area contributed by atoms with E-state index < -0.39 is 0 Å². The Kier molecular flexibility index (Phi) is 6.04. The molecule has 2 heterocycles. The van der Waals surface area contributed by atoms with Crippen LogP contribution in [0.4, 0.5) is 0 Å². The van der Waals surface area contributed by atoms with E-state index >= 15 is 0 Å². The number of nitrogens with zero attached hydrogens (tertiary/aromatic N) is 2. The molecule has 1 aromatic carbocycles. The Labute approximate surface area is 156 Å². The minimum absolute atomic E-state index is 0.501. The lowest BCUT2D eigenvalue weighted by Crippen LogP contribution is -2.13. The van der Waals surface area contributed by atoms with Crippen molar-refractivity contribution in [1.29, 1.82) is 0 Å². The minimum atomic E-state index is 0.501. The van der Waals surface area contributed by atoms with Crippen LogP contribution in [0.15, 0.2) is 53.9 Å². The predicted octanol–water partition coefficient (Wildman–Crippen LogP) is 6.01. The van der Waals surface area contributed by atoms with Gasteiger partial charge in [-0.3, -0.25) is 0 Å². The Morgan fingerprint density at radius 2 is 2.12 bits per heavy atom. The highest BCUT2D eigenvalue weighted by Crippen LogP contribution is 2.32. The van der Waals surface area contributed by atoms with Crippen LogP contribution in [0.5, 0.6) is 0 Å². The fourth-order valence-corrected chi connectivity index (χ4v) is 5.07. The van der Waals surface area contributed by atoms with Crippen molar-refractivity contribution in [3.05, 3.63) is 69.4 Å². The lowest BCUT2D eigenvalue weighted by Gasteiger charge is -2.18. The van der Waals surface area contributed by atoms with Gasteiger partial charge in [-0.15, -0.1) is 23.1 Å². The van der Waals surface area contributed by atoms with Crippen LogP contribution in [0.2, 0.25) is 4.34 Å². The molecule has 2 aromatic heterocycles. The molecule has 0 saturated heterocycles. The average molecular weight is 377 g/mol. The summed E-state index contributed by atoms with van der Waals surface area (Å²) < 4.78 is 3.04. The highest BCUT2D eigenvalue weighted by atomic mass is 35.5.